The lowest BCUT2D eigenvalue weighted by Gasteiger charge is -2.03. The molecule has 0 unspecified atom stereocenters. The predicted molar refractivity (Wildman–Crippen MR) is 77.2 cm³/mol. The SMILES string of the molecule is CCCc1nn(C)c(Sc2ccc(Cl)cc2)c1N. The summed E-state index contributed by atoms with van der Waals surface area (Å²) in [5.74, 6) is 0. The minimum absolute atomic E-state index is 0.740. The maximum atomic E-state index is 6.14. The largest absolute Gasteiger partial charge is 0.395 e. The average Bonchev–Trinajstić information content (AvgIpc) is 2.60. The van der Waals surface area contributed by atoms with E-state index < -0.39 is 0 Å². The summed E-state index contributed by atoms with van der Waals surface area (Å²) >= 11 is 7.48. The second-order valence-electron chi connectivity index (χ2n) is 4.10. The van der Waals surface area contributed by atoms with Crippen LogP contribution in [0.5, 0.6) is 0 Å². The number of anilines is 1. The van der Waals surface area contributed by atoms with Crippen LogP contribution < -0.4 is 5.73 Å². The highest BCUT2D eigenvalue weighted by Crippen LogP contribution is 2.34. The van der Waals surface area contributed by atoms with E-state index in [0.717, 1.165) is 39.2 Å². The Morgan fingerprint density at radius 2 is 2.00 bits per heavy atom. The molecular formula is C13H16ClN3S. The Kier molecular flexibility index (Phi) is 4.19. The predicted octanol–water partition coefficient (Wildman–Crippen LogP) is 3.76. The maximum absolute atomic E-state index is 6.14. The molecule has 0 atom stereocenters. The fourth-order valence-electron chi connectivity index (χ4n) is 1.73. The van der Waals surface area contributed by atoms with Crippen molar-refractivity contribution in [3.05, 3.63) is 35.0 Å². The number of nitrogen functional groups attached to an aromatic ring is 1. The van der Waals surface area contributed by atoms with Crippen LogP contribution in [0.2, 0.25) is 5.02 Å². The first kappa shape index (κ1) is 13.3. The first-order chi connectivity index (χ1) is 8.61. The Morgan fingerprint density at radius 3 is 2.61 bits per heavy atom. The van der Waals surface area contributed by atoms with Crippen LogP contribution in [0.1, 0.15) is 19.0 Å². The minimum Gasteiger partial charge on any atom is -0.395 e. The third-order valence-corrected chi connectivity index (χ3v) is 4.06. The minimum atomic E-state index is 0.740. The molecule has 0 fully saturated rings. The van der Waals surface area contributed by atoms with Crippen LogP contribution in [-0.4, -0.2) is 9.78 Å². The Morgan fingerprint density at radius 1 is 1.33 bits per heavy atom. The van der Waals surface area contributed by atoms with Crippen molar-refractivity contribution < 1.29 is 0 Å². The lowest BCUT2D eigenvalue weighted by molar-refractivity contribution is 0.682. The van der Waals surface area contributed by atoms with Crippen molar-refractivity contribution in [2.24, 2.45) is 7.05 Å². The van der Waals surface area contributed by atoms with Crippen LogP contribution in [0.15, 0.2) is 34.2 Å². The highest BCUT2D eigenvalue weighted by Gasteiger charge is 2.13. The number of hydrogen-bond donors (Lipinski definition) is 1. The third-order valence-electron chi connectivity index (χ3n) is 2.62. The van der Waals surface area contributed by atoms with Gasteiger partial charge >= 0.3 is 0 Å². The van der Waals surface area contributed by atoms with Crippen LogP contribution >= 0.6 is 23.4 Å². The van der Waals surface area contributed by atoms with E-state index in [2.05, 4.69) is 12.0 Å². The molecule has 5 heteroatoms. The van der Waals surface area contributed by atoms with E-state index >= 15 is 0 Å². The Hall–Kier alpha value is -1.13. The fraction of sp³-hybridized carbons (Fsp3) is 0.308. The van der Waals surface area contributed by atoms with Gasteiger partial charge in [0.25, 0.3) is 0 Å². The molecule has 3 nitrogen and oxygen atoms in total. The van der Waals surface area contributed by atoms with E-state index in [1.165, 1.54) is 0 Å². The molecule has 1 aromatic carbocycles. The van der Waals surface area contributed by atoms with Gasteiger partial charge in [0.15, 0.2) is 0 Å². The Bertz CT molecular complexity index is 534. The molecule has 0 saturated heterocycles. The molecule has 0 spiro atoms. The van der Waals surface area contributed by atoms with Gasteiger partial charge in [0.1, 0.15) is 5.03 Å². The lowest BCUT2D eigenvalue weighted by atomic mass is 10.2. The second kappa shape index (κ2) is 5.67. The first-order valence-electron chi connectivity index (χ1n) is 5.86. The number of rotatable bonds is 4. The molecule has 1 heterocycles. The summed E-state index contributed by atoms with van der Waals surface area (Å²) in [4.78, 5) is 1.11. The van der Waals surface area contributed by atoms with Gasteiger partial charge in [-0.3, -0.25) is 4.68 Å². The molecule has 0 bridgehead atoms. The molecule has 0 radical (unpaired) electrons. The summed E-state index contributed by atoms with van der Waals surface area (Å²) < 4.78 is 1.85. The maximum Gasteiger partial charge on any atom is 0.122 e. The summed E-state index contributed by atoms with van der Waals surface area (Å²) in [5.41, 5.74) is 7.91. The van der Waals surface area contributed by atoms with Crippen LogP contribution in [-0.2, 0) is 13.5 Å². The summed E-state index contributed by atoms with van der Waals surface area (Å²) in [5, 5.41) is 6.19. The quantitative estimate of drug-likeness (QED) is 0.928. The number of hydrogen-bond acceptors (Lipinski definition) is 3. The molecule has 0 amide bonds. The topological polar surface area (TPSA) is 43.8 Å². The summed E-state index contributed by atoms with van der Waals surface area (Å²) in [6, 6.07) is 7.73. The highest BCUT2D eigenvalue weighted by atomic mass is 35.5. The van der Waals surface area contributed by atoms with Crippen molar-refractivity contribution in [2.75, 3.05) is 5.73 Å². The van der Waals surface area contributed by atoms with Gasteiger partial charge in [0.05, 0.1) is 11.4 Å². The van der Waals surface area contributed by atoms with E-state index in [-0.39, 0.29) is 0 Å². The Balaban J connectivity index is 2.26. The van der Waals surface area contributed by atoms with Gasteiger partial charge in [-0.15, -0.1) is 0 Å². The van der Waals surface area contributed by atoms with Crippen molar-refractivity contribution in [1.82, 2.24) is 9.78 Å². The van der Waals surface area contributed by atoms with Crippen LogP contribution in [0.3, 0.4) is 0 Å². The monoisotopic (exact) mass is 281 g/mol. The van der Waals surface area contributed by atoms with E-state index in [1.54, 1.807) is 11.8 Å². The van der Waals surface area contributed by atoms with Crippen molar-refractivity contribution in [3.63, 3.8) is 0 Å². The Labute approximate surface area is 116 Å². The molecule has 2 rings (SSSR count). The normalized spacial score (nSPS) is 10.8. The zero-order chi connectivity index (χ0) is 13.1. The average molecular weight is 282 g/mol. The van der Waals surface area contributed by atoms with Crippen molar-refractivity contribution in [3.8, 4) is 0 Å². The van der Waals surface area contributed by atoms with Gasteiger partial charge in [-0.2, -0.15) is 5.10 Å². The van der Waals surface area contributed by atoms with Gasteiger partial charge < -0.3 is 5.73 Å². The van der Waals surface area contributed by atoms with Crippen LogP contribution in [0.4, 0.5) is 5.69 Å². The van der Waals surface area contributed by atoms with Gasteiger partial charge in [-0.05, 0) is 30.7 Å². The van der Waals surface area contributed by atoms with E-state index in [9.17, 15) is 0 Å². The second-order valence-corrected chi connectivity index (χ2v) is 5.59. The van der Waals surface area contributed by atoms with Crippen molar-refractivity contribution in [1.29, 1.82) is 0 Å². The molecule has 96 valence electrons. The number of nitrogens with zero attached hydrogens (tertiary/aromatic N) is 2. The standard InChI is InChI=1S/C13H16ClN3S/c1-3-4-11-12(15)13(17(2)16-11)18-10-7-5-9(14)6-8-10/h5-8H,3-4,15H2,1-2H3. The molecule has 1 aromatic heterocycles. The molecular weight excluding hydrogens is 266 g/mol. The highest BCUT2D eigenvalue weighted by molar-refractivity contribution is 7.99. The molecule has 2 N–H and O–H groups in total. The van der Waals surface area contributed by atoms with Crippen molar-refractivity contribution >= 4 is 29.1 Å². The fourth-order valence-corrected chi connectivity index (χ4v) is 2.76. The summed E-state index contributed by atoms with van der Waals surface area (Å²) in [6.07, 6.45) is 1.97. The molecule has 0 saturated carbocycles. The first-order valence-corrected chi connectivity index (χ1v) is 7.06. The molecule has 2 aromatic rings. The van der Waals surface area contributed by atoms with Crippen LogP contribution in [0.25, 0.3) is 0 Å². The lowest BCUT2D eigenvalue weighted by Crippen LogP contribution is -1.93. The van der Waals surface area contributed by atoms with Gasteiger partial charge in [-0.1, -0.05) is 36.7 Å². The summed E-state index contributed by atoms with van der Waals surface area (Å²) in [6.45, 7) is 2.13. The number of nitrogens with two attached hydrogens (primary N) is 1. The zero-order valence-corrected chi connectivity index (χ0v) is 12.1. The van der Waals surface area contributed by atoms with Crippen molar-refractivity contribution in [2.45, 2.75) is 29.7 Å². The molecule has 0 aliphatic rings. The zero-order valence-electron chi connectivity index (χ0n) is 10.5. The van der Waals surface area contributed by atoms with E-state index in [0.29, 0.717) is 0 Å². The molecule has 0 aliphatic carbocycles. The van der Waals surface area contributed by atoms with Gasteiger partial charge in [0, 0.05) is 17.0 Å². The number of aromatic nitrogens is 2. The molecule has 18 heavy (non-hydrogen) atoms. The van der Waals surface area contributed by atoms with E-state index in [1.807, 2.05) is 36.0 Å². The van der Waals surface area contributed by atoms with Gasteiger partial charge in [-0.25, -0.2) is 0 Å². The smallest absolute Gasteiger partial charge is 0.122 e. The molecule has 0 aliphatic heterocycles. The van der Waals surface area contributed by atoms with Crippen LogP contribution in [0, 0.1) is 0 Å². The number of aryl methyl sites for hydroxylation is 2. The number of halogens is 1. The third kappa shape index (κ3) is 2.82. The van der Waals surface area contributed by atoms with Gasteiger partial charge in [0.2, 0.25) is 0 Å². The number of benzene rings is 1. The summed E-state index contributed by atoms with van der Waals surface area (Å²) in [7, 11) is 1.92. The van der Waals surface area contributed by atoms with E-state index in [4.69, 9.17) is 17.3 Å².